The lowest BCUT2D eigenvalue weighted by Gasteiger charge is -2.19. The Hall–Kier alpha value is -3.62. The number of rotatable bonds is 4. The summed E-state index contributed by atoms with van der Waals surface area (Å²) in [6.07, 6.45) is -1.58. The highest BCUT2D eigenvalue weighted by atomic mass is 19.4. The van der Waals surface area contributed by atoms with Crippen molar-refractivity contribution >= 4 is 5.91 Å². The monoisotopic (exact) mass is 415 g/mol. The Morgan fingerprint density at radius 1 is 1.03 bits per heavy atom. The second-order valence-corrected chi connectivity index (χ2v) is 6.53. The lowest BCUT2D eigenvalue weighted by atomic mass is 10.0. The molecule has 1 amide bonds. The van der Waals surface area contributed by atoms with E-state index in [4.69, 9.17) is 4.74 Å². The highest BCUT2D eigenvalue weighted by Crippen LogP contribution is 2.32. The maximum absolute atomic E-state index is 13.1. The van der Waals surface area contributed by atoms with Gasteiger partial charge in [0.2, 0.25) is 0 Å². The number of benzene rings is 2. The van der Waals surface area contributed by atoms with Gasteiger partial charge in [-0.2, -0.15) is 0 Å². The first-order valence-corrected chi connectivity index (χ1v) is 9.07. The number of aromatic nitrogens is 2. The fourth-order valence-electron chi connectivity index (χ4n) is 3.15. The predicted molar refractivity (Wildman–Crippen MR) is 101 cm³/mol. The summed E-state index contributed by atoms with van der Waals surface area (Å²) in [5.41, 5.74) is 1.37. The molecule has 1 aromatic heterocycles. The molecule has 154 valence electrons. The third-order valence-corrected chi connectivity index (χ3v) is 4.47. The molecule has 0 fully saturated rings. The molecule has 0 saturated carbocycles. The number of nitrogens with zero attached hydrogens (tertiary/aromatic N) is 3. The third kappa shape index (κ3) is 4.51. The van der Waals surface area contributed by atoms with Crippen LogP contribution >= 0.6 is 0 Å². The van der Waals surface area contributed by atoms with Crippen molar-refractivity contribution in [3.8, 4) is 22.6 Å². The summed E-state index contributed by atoms with van der Waals surface area (Å²) >= 11 is 0. The van der Waals surface area contributed by atoms with Crippen molar-refractivity contribution in [2.24, 2.45) is 0 Å². The average Bonchev–Trinajstić information content (AvgIpc) is 2.87. The van der Waals surface area contributed by atoms with Crippen LogP contribution in [0.1, 0.15) is 16.2 Å². The summed E-state index contributed by atoms with van der Waals surface area (Å²) in [7, 11) is 0. The third-order valence-electron chi connectivity index (χ3n) is 4.47. The van der Waals surface area contributed by atoms with Gasteiger partial charge in [0.1, 0.15) is 23.9 Å². The van der Waals surface area contributed by atoms with E-state index in [-0.39, 0.29) is 18.2 Å². The Kier molecular flexibility index (Phi) is 5.26. The Balaban J connectivity index is 1.63. The van der Waals surface area contributed by atoms with Crippen LogP contribution in [0.3, 0.4) is 0 Å². The SMILES string of the molecule is O=C1c2cc(-c3cccc(OC(F)(F)F)c3)ccc2OCCN1Cc1ncccn1. The molecule has 4 rings (SSSR count). The van der Waals surface area contributed by atoms with Crippen LogP contribution in [0, 0.1) is 0 Å². The minimum Gasteiger partial charge on any atom is -0.491 e. The van der Waals surface area contributed by atoms with Gasteiger partial charge in [0.25, 0.3) is 5.91 Å². The largest absolute Gasteiger partial charge is 0.573 e. The van der Waals surface area contributed by atoms with E-state index in [1.165, 1.54) is 18.2 Å². The van der Waals surface area contributed by atoms with Gasteiger partial charge in [-0.1, -0.05) is 18.2 Å². The summed E-state index contributed by atoms with van der Waals surface area (Å²) in [5, 5.41) is 0. The first-order chi connectivity index (χ1) is 14.4. The van der Waals surface area contributed by atoms with E-state index in [9.17, 15) is 18.0 Å². The molecule has 0 spiro atoms. The molecule has 30 heavy (non-hydrogen) atoms. The molecular weight excluding hydrogens is 399 g/mol. The summed E-state index contributed by atoms with van der Waals surface area (Å²) in [6.45, 7) is 0.886. The minimum atomic E-state index is -4.78. The molecule has 3 aromatic rings. The number of carbonyl (C=O) groups is 1. The van der Waals surface area contributed by atoms with Gasteiger partial charge >= 0.3 is 6.36 Å². The van der Waals surface area contributed by atoms with Crippen LogP contribution < -0.4 is 9.47 Å². The van der Waals surface area contributed by atoms with E-state index in [0.717, 1.165) is 0 Å². The van der Waals surface area contributed by atoms with Crippen LogP contribution in [-0.2, 0) is 6.54 Å². The van der Waals surface area contributed by atoms with Gasteiger partial charge in [0.15, 0.2) is 0 Å². The maximum atomic E-state index is 13.1. The molecule has 9 heteroatoms. The molecule has 0 atom stereocenters. The first kappa shape index (κ1) is 19.7. The standard InChI is InChI=1S/C21H16F3N3O3/c22-21(23,24)30-16-4-1-3-14(11-16)15-5-6-18-17(12-15)20(28)27(9-10-29-18)13-19-25-7-2-8-26-19/h1-8,11-12H,9-10,13H2. The molecule has 1 aliphatic rings. The lowest BCUT2D eigenvalue weighted by molar-refractivity contribution is -0.274. The number of fused-ring (bicyclic) bond motifs is 1. The second kappa shape index (κ2) is 8.02. The van der Waals surface area contributed by atoms with Crippen LogP contribution in [0.2, 0.25) is 0 Å². The number of hydrogen-bond donors (Lipinski definition) is 0. The molecule has 0 saturated heterocycles. The maximum Gasteiger partial charge on any atom is 0.573 e. The summed E-state index contributed by atoms with van der Waals surface area (Å²) in [5.74, 6) is 0.324. The van der Waals surface area contributed by atoms with Gasteiger partial charge in [-0.3, -0.25) is 4.79 Å². The average molecular weight is 415 g/mol. The van der Waals surface area contributed by atoms with Gasteiger partial charge in [-0.25, -0.2) is 9.97 Å². The number of amides is 1. The van der Waals surface area contributed by atoms with Crippen LogP contribution in [0.5, 0.6) is 11.5 Å². The van der Waals surface area contributed by atoms with Crippen LogP contribution in [0.15, 0.2) is 60.9 Å². The molecule has 0 bridgehead atoms. The Bertz CT molecular complexity index is 1060. The second-order valence-electron chi connectivity index (χ2n) is 6.53. The first-order valence-electron chi connectivity index (χ1n) is 9.07. The predicted octanol–water partition coefficient (Wildman–Crippen LogP) is 4.08. The smallest absolute Gasteiger partial charge is 0.491 e. The number of carbonyl (C=O) groups excluding carboxylic acids is 1. The summed E-state index contributed by atoms with van der Waals surface area (Å²) in [6, 6.07) is 12.2. The van der Waals surface area contributed by atoms with Crippen molar-refractivity contribution in [2.45, 2.75) is 12.9 Å². The van der Waals surface area contributed by atoms with Crippen LogP contribution in [-0.4, -0.2) is 40.3 Å². The van der Waals surface area contributed by atoms with Crippen molar-refractivity contribution in [1.29, 1.82) is 0 Å². The Morgan fingerprint density at radius 2 is 1.80 bits per heavy atom. The van der Waals surface area contributed by atoms with E-state index in [1.807, 2.05) is 0 Å². The fraction of sp³-hybridized carbons (Fsp3) is 0.190. The Morgan fingerprint density at radius 3 is 2.57 bits per heavy atom. The van der Waals surface area contributed by atoms with Gasteiger partial charge in [0, 0.05) is 12.4 Å². The molecule has 0 radical (unpaired) electrons. The summed E-state index contributed by atoms with van der Waals surface area (Å²) in [4.78, 5) is 23.0. The normalized spacial score (nSPS) is 14.0. The van der Waals surface area contributed by atoms with Gasteiger partial charge in [-0.05, 0) is 41.5 Å². The minimum absolute atomic E-state index is 0.224. The van der Waals surface area contributed by atoms with Crippen LogP contribution in [0.4, 0.5) is 13.2 Å². The highest BCUT2D eigenvalue weighted by molar-refractivity contribution is 5.98. The quantitative estimate of drug-likeness (QED) is 0.643. The van der Waals surface area contributed by atoms with E-state index in [1.54, 1.807) is 47.6 Å². The number of alkyl halides is 3. The molecular formula is C21H16F3N3O3. The van der Waals surface area contributed by atoms with E-state index in [0.29, 0.717) is 41.4 Å². The zero-order valence-electron chi connectivity index (χ0n) is 15.6. The van der Waals surface area contributed by atoms with Gasteiger partial charge in [0.05, 0.1) is 18.7 Å². The zero-order chi connectivity index (χ0) is 21.1. The zero-order valence-corrected chi connectivity index (χ0v) is 15.6. The summed E-state index contributed by atoms with van der Waals surface area (Å²) < 4.78 is 47.2. The van der Waals surface area contributed by atoms with Gasteiger partial charge < -0.3 is 14.4 Å². The number of halogens is 3. The molecule has 0 N–H and O–H groups in total. The van der Waals surface area contributed by atoms with Crippen molar-refractivity contribution in [1.82, 2.24) is 14.9 Å². The molecule has 1 aliphatic heterocycles. The van der Waals surface area contributed by atoms with E-state index >= 15 is 0 Å². The molecule has 2 heterocycles. The van der Waals surface area contributed by atoms with E-state index in [2.05, 4.69) is 14.7 Å². The number of ether oxygens (including phenoxy) is 2. The van der Waals surface area contributed by atoms with E-state index < -0.39 is 6.36 Å². The Labute approximate surface area is 169 Å². The highest BCUT2D eigenvalue weighted by Gasteiger charge is 2.31. The van der Waals surface area contributed by atoms with Crippen molar-refractivity contribution < 1.29 is 27.4 Å². The number of hydrogen-bond acceptors (Lipinski definition) is 5. The van der Waals surface area contributed by atoms with Crippen molar-refractivity contribution in [3.05, 3.63) is 72.3 Å². The molecule has 0 aliphatic carbocycles. The molecule has 6 nitrogen and oxygen atoms in total. The molecule has 0 unspecified atom stereocenters. The molecule has 2 aromatic carbocycles. The topological polar surface area (TPSA) is 64.6 Å². The lowest BCUT2D eigenvalue weighted by Crippen LogP contribution is -2.32. The van der Waals surface area contributed by atoms with Gasteiger partial charge in [-0.15, -0.1) is 13.2 Å². The van der Waals surface area contributed by atoms with Crippen molar-refractivity contribution in [3.63, 3.8) is 0 Å². The van der Waals surface area contributed by atoms with Crippen LogP contribution in [0.25, 0.3) is 11.1 Å². The van der Waals surface area contributed by atoms with Crippen molar-refractivity contribution in [2.75, 3.05) is 13.2 Å². The fourth-order valence-corrected chi connectivity index (χ4v) is 3.15.